The minimum Gasteiger partial charge on any atom is -0.484 e. The molecule has 0 aliphatic carbocycles. The van der Waals surface area contributed by atoms with Gasteiger partial charge in [-0.05, 0) is 31.2 Å². The first-order valence-electron chi connectivity index (χ1n) is 7.37. The summed E-state index contributed by atoms with van der Waals surface area (Å²) in [5.41, 5.74) is 2.40. The van der Waals surface area contributed by atoms with Gasteiger partial charge in [-0.3, -0.25) is 14.9 Å². The number of nitrogens with one attached hydrogen (secondary N) is 2. The van der Waals surface area contributed by atoms with Gasteiger partial charge in [-0.25, -0.2) is 4.39 Å². The minimum absolute atomic E-state index is 0.00599. The summed E-state index contributed by atoms with van der Waals surface area (Å²) < 4.78 is 18.6. The molecule has 0 aliphatic heterocycles. The summed E-state index contributed by atoms with van der Waals surface area (Å²) in [5.74, 6) is -0.312. The molecule has 128 valence electrons. The molecule has 2 N–H and O–H groups in total. The molecule has 1 amide bonds. The monoisotopic (exact) mass is 360 g/mol. The lowest BCUT2D eigenvalue weighted by molar-refractivity contribution is -0.118. The molecular formula is C17H14ClFN4O2. The molecule has 0 fully saturated rings. The summed E-state index contributed by atoms with van der Waals surface area (Å²) in [6.07, 6.45) is 3.33. The number of hydrogen-bond donors (Lipinski definition) is 2. The second-order valence-corrected chi connectivity index (χ2v) is 5.63. The largest absolute Gasteiger partial charge is 0.484 e. The lowest BCUT2D eigenvalue weighted by atomic mass is 10.1. The van der Waals surface area contributed by atoms with Gasteiger partial charge >= 0.3 is 0 Å². The summed E-state index contributed by atoms with van der Waals surface area (Å²) >= 11 is 5.60. The van der Waals surface area contributed by atoms with E-state index < -0.39 is 11.7 Å². The molecule has 0 bridgehead atoms. The number of rotatable bonds is 5. The number of halogens is 2. The smallest absolute Gasteiger partial charge is 0.263 e. The summed E-state index contributed by atoms with van der Waals surface area (Å²) in [7, 11) is 0. The SMILES string of the molecule is Cc1c(-c2ccncc2)n[nH]c1NC(=O)COc1ccc(Cl)c(F)c1. The predicted molar refractivity (Wildman–Crippen MR) is 92.1 cm³/mol. The highest BCUT2D eigenvalue weighted by molar-refractivity contribution is 6.30. The van der Waals surface area contributed by atoms with E-state index >= 15 is 0 Å². The molecule has 8 heteroatoms. The second-order valence-electron chi connectivity index (χ2n) is 5.22. The highest BCUT2D eigenvalue weighted by Gasteiger charge is 2.13. The highest BCUT2D eigenvalue weighted by atomic mass is 35.5. The number of hydrogen-bond acceptors (Lipinski definition) is 4. The van der Waals surface area contributed by atoms with Crippen LogP contribution < -0.4 is 10.1 Å². The van der Waals surface area contributed by atoms with Gasteiger partial charge in [0.2, 0.25) is 0 Å². The Kier molecular flexibility index (Phi) is 4.95. The second kappa shape index (κ2) is 7.31. The van der Waals surface area contributed by atoms with Crippen molar-refractivity contribution in [1.82, 2.24) is 15.2 Å². The maximum absolute atomic E-state index is 13.3. The molecule has 0 saturated heterocycles. The standard InChI is InChI=1S/C17H14ClFN4O2/c1-10-16(11-4-6-20-7-5-11)22-23-17(10)21-15(24)9-25-12-2-3-13(18)14(19)8-12/h2-8H,9H2,1H3,(H2,21,22,23,24). The molecule has 3 rings (SSSR count). The van der Waals surface area contributed by atoms with E-state index in [9.17, 15) is 9.18 Å². The first-order valence-corrected chi connectivity index (χ1v) is 7.75. The van der Waals surface area contributed by atoms with E-state index in [4.69, 9.17) is 16.3 Å². The average molecular weight is 361 g/mol. The Morgan fingerprint density at radius 2 is 2.08 bits per heavy atom. The van der Waals surface area contributed by atoms with Crippen LogP contribution in [0.15, 0.2) is 42.7 Å². The molecule has 1 aromatic carbocycles. The Bertz CT molecular complexity index is 899. The van der Waals surface area contributed by atoms with Crippen LogP contribution in [0.1, 0.15) is 5.56 Å². The molecular weight excluding hydrogens is 347 g/mol. The van der Waals surface area contributed by atoms with Gasteiger partial charge in [0.15, 0.2) is 6.61 Å². The molecule has 6 nitrogen and oxygen atoms in total. The van der Waals surface area contributed by atoms with Gasteiger partial charge in [-0.1, -0.05) is 11.6 Å². The number of carbonyl (C=O) groups excluding carboxylic acids is 1. The zero-order valence-electron chi connectivity index (χ0n) is 13.2. The van der Waals surface area contributed by atoms with Gasteiger partial charge in [0.25, 0.3) is 5.91 Å². The number of anilines is 1. The molecule has 2 aromatic heterocycles. The van der Waals surface area contributed by atoms with Gasteiger partial charge in [-0.15, -0.1) is 0 Å². The Hall–Kier alpha value is -2.93. The van der Waals surface area contributed by atoms with E-state index in [1.807, 2.05) is 19.1 Å². The van der Waals surface area contributed by atoms with Crippen molar-refractivity contribution in [3.8, 4) is 17.0 Å². The number of ether oxygens (including phenoxy) is 1. The predicted octanol–water partition coefficient (Wildman–Crippen LogP) is 3.59. The Morgan fingerprint density at radius 1 is 1.32 bits per heavy atom. The van der Waals surface area contributed by atoms with Gasteiger partial charge in [0.05, 0.1) is 10.7 Å². The Balaban J connectivity index is 1.63. The van der Waals surface area contributed by atoms with Crippen LogP contribution in [-0.2, 0) is 4.79 Å². The Morgan fingerprint density at radius 3 is 2.80 bits per heavy atom. The van der Waals surface area contributed by atoms with Crippen LogP contribution in [0.4, 0.5) is 10.2 Å². The summed E-state index contributed by atoms with van der Waals surface area (Å²) in [6, 6.07) is 7.63. The van der Waals surface area contributed by atoms with Crippen LogP contribution in [-0.4, -0.2) is 27.7 Å². The van der Waals surface area contributed by atoms with Crippen molar-refractivity contribution in [2.75, 3.05) is 11.9 Å². The fourth-order valence-electron chi connectivity index (χ4n) is 2.20. The summed E-state index contributed by atoms with van der Waals surface area (Å²) in [5, 5.41) is 9.66. The molecule has 0 radical (unpaired) electrons. The fourth-order valence-corrected chi connectivity index (χ4v) is 2.32. The number of benzene rings is 1. The van der Waals surface area contributed by atoms with E-state index in [0.29, 0.717) is 5.82 Å². The molecule has 0 aliphatic rings. The van der Waals surface area contributed by atoms with Crippen LogP contribution >= 0.6 is 11.6 Å². The van der Waals surface area contributed by atoms with Gasteiger partial charge in [0.1, 0.15) is 17.4 Å². The molecule has 0 atom stereocenters. The molecule has 3 aromatic rings. The first-order chi connectivity index (χ1) is 12.0. The molecule has 0 spiro atoms. The van der Waals surface area contributed by atoms with E-state index in [-0.39, 0.29) is 17.4 Å². The third-order valence-corrected chi connectivity index (χ3v) is 3.80. The zero-order chi connectivity index (χ0) is 17.8. The number of pyridine rings is 1. The van der Waals surface area contributed by atoms with Crippen molar-refractivity contribution in [2.45, 2.75) is 6.92 Å². The van der Waals surface area contributed by atoms with E-state index in [0.717, 1.165) is 22.9 Å². The molecule has 25 heavy (non-hydrogen) atoms. The van der Waals surface area contributed by atoms with Crippen LogP contribution in [0.25, 0.3) is 11.3 Å². The van der Waals surface area contributed by atoms with Gasteiger partial charge in [0, 0.05) is 29.6 Å². The number of carbonyl (C=O) groups is 1. The quantitative estimate of drug-likeness (QED) is 0.728. The van der Waals surface area contributed by atoms with Crippen molar-refractivity contribution < 1.29 is 13.9 Å². The fraction of sp³-hybridized carbons (Fsp3) is 0.118. The third kappa shape index (κ3) is 3.95. The molecule has 0 unspecified atom stereocenters. The maximum Gasteiger partial charge on any atom is 0.263 e. The van der Waals surface area contributed by atoms with E-state index in [1.54, 1.807) is 12.4 Å². The average Bonchev–Trinajstić information content (AvgIpc) is 2.97. The highest BCUT2D eigenvalue weighted by Crippen LogP contribution is 2.25. The van der Waals surface area contributed by atoms with Gasteiger partial charge in [-0.2, -0.15) is 5.10 Å². The van der Waals surface area contributed by atoms with Crippen molar-refractivity contribution in [2.24, 2.45) is 0 Å². The number of aromatic amines is 1. The van der Waals surface area contributed by atoms with Crippen LogP contribution in [0.2, 0.25) is 5.02 Å². The lowest BCUT2D eigenvalue weighted by Crippen LogP contribution is -2.20. The minimum atomic E-state index is -0.606. The van der Waals surface area contributed by atoms with E-state index in [1.165, 1.54) is 12.1 Å². The zero-order valence-corrected chi connectivity index (χ0v) is 14.0. The van der Waals surface area contributed by atoms with Crippen LogP contribution in [0.5, 0.6) is 5.75 Å². The van der Waals surface area contributed by atoms with Crippen molar-refractivity contribution in [3.05, 3.63) is 59.1 Å². The first kappa shape index (κ1) is 16.9. The maximum atomic E-state index is 13.3. The van der Waals surface area contributed by atoms with Crippen LogP contribution in [0, 0.1) is 12.7 Å². The number of H-pyrrole nitrogens is 1. The number of nitrogens with zero attached hydrogens (tertiary/aromatic N) is 2. The van der Waals surface area contributed by atoms with Crippen molar-refractivity contribution in [1.29, 1.82) is 0 Å². The van der Waals surface area contributed by atoms with Crippen molar-refractivity contribution >= 4 is 23.3 Å². The molecule has 0 saturated carbocycles. The van der Waals surface area contributed by atoms with Crippen LogP contribution in [0.3, 0.4) is 0 Å². The normalized spacial score (nSPS) is 10.5. The Labute approximate surface area is 148 Å². The lowest BCUT2D eigenvalue weighted by Gasteiger charge is -2.07. The van der Waals surface area contributed by atoms with E-state index in [2.05, 4.69) is 20.5 Å². The summed E-state index contributed by atoms with van der Waals surface area (Å²) in [6.45, 7) is 1.56. The summed E-state index contributed by atoms with van der Waals surface area (Å²) in [4.78, 5) is 16.0. The number of amides is 1. The number of aromatic nitrogens is 3. The third-order valence-electron chi connectivity index (χ3n) is 3.49. The molecule has 2 heterocycles. The van der Waals surface area contributed by atoms with Gasteiger partial charge < -0.3 is 10.1 Å². The van der Waals surface area contributed by atoms with Crippen molar-refractivity contribution in [3.63, 3.8) is 0 Å². The topological polar surface area (TPSA) is 79.9 Å².